The molecule has 0 unspecified atom stereocenters. The molecule has 4 amide bonds. The normalized spacial score (nSPS) is 25.9. The second kappa shape index (κ2) is 9.90. The second-order valence-electron chi connectivity index (χ2n) is 9.25. The van der Waals surface area contributed by atoms with Crippen molar-refractivity contribution in [2.75, 3.05) is 33.8 Å². The zero-order chi connectivity index (χ0) is 22.7. The van der Waals surface area contributed by atoms with Crippen molar-refractivity contribution in [1.82, 2.24) is 20.0 Å². The summed E-state index contributed by atoms with van der Waals surface area (Å²) in [6.07, 6.45) is 6.08. The highest BCUT2D eigenvalue weighted by Gasteiger charge is 2.40. The number of nitrogens with zero attached hydrogens (tertiary/aromatic N) is 3. The van der Waals surface area contributed by atoms with E-state index in [0.29, 0.717) is 24.3 Å². The molecule has 3 fully saturated rings. The molecular formula is C24H34N4O4. The lowest BCUT2D eigenvalue weighted by atomic mass is 9.83. The van der Waals surface area contributed by atoms with E-state index in [4.69, 9.17) is 4.74 Å². The van der Waals surface area contributed by atoms with Gasteiger partial charge in [0, 0.05) is 19.6 Å². The van der Waals surface area contributed by atoms with Gasteiger partial charge in [0.25, 0.3) is 5.91 Å². The summed E-state index contributed by atoms with van der Waals surface area (Å²) >= 11 is 0. The Morgan fingerprint density at radius 1 is 1.12 bits per heavy atom. The van der Waals surface area contributed by atoms with Gasteiger partial charge in [-0.25, -0.2) is 4.79 Å². The number of rotatable bonds is 7. The van der Waals surface area contributed by atoms with Gasteiger partial charge in [-0.15, -0.1) is 0 Å². The first-order valence-corrected chi connectivity index (χ1v) is 11.7. The Labute approximate surface area is 189 Å². The van der Waals surface area contributed by atoms with E-state index in [1.807, 2.05) is 19.2 Å². The Hall–Kier alpha value is -2.61. The van der Waals surface area contributed by atoms with E-state index in [9.17, 15) is 14.4 Å². The standard InChI is InChI=1S/C24H34N4O4/c1-26(16-18-6-5-13-27-12-4-3-7-21(18)27)22(29)14-20-23(30)28(24(31)25-20)15-17-8-10-19(32-2)11-9-17/h8-11,18,20-21H,3-7,12-16H2,1-2H3,(H,25,31)/t18-,20-,21-/m1/s1. The number of amides is 4. The average Bonchev–Trinajstić information content (AvgIpc) is 3.07. The third-order valence-corrected chi connectivity index (χ3v) is 7.15. The fourth-order valence-corrected chi connectivity index (χ4v) is 5.35. The zero-order valence-electron chi connectivity index (χ0n) is 19.1. The Morgan fingerprint density at radius 2 is 1.88 bits per heavy atom. The van der Waals surface area contributed by atoms with Crippen LogP contribution in [-0.2, 0) is 16.1 Å². The Morgan fingerprint density at radius 3 is 2.62 bits per heavy atom. The van der Waals surface area contributed by atoms with Crippen LogP contribution in [0.2, 0.25) is 0 Å². The summed E-state index contributed by atoms with van der Waals surface area (Å²) in [7, 11) is 3.41. The highest BCUT2D eigenvalue weighted by atomic mass is 16.5. The van der Waals surface area contributed by atoms with E-state index < -0.39 is 12.1 Å². The van der Waals surface area contributed by atoms with E-state index in [0.717, 1.165) is 12.0 Å². The lowest BCUT2D eigenvalue weighted by Crippen LogP contribution is -2.51. The van der Waals surface area contributed by atoms with E-state index in [1.54, 1.807) is 24.1 Å². The summed E-state index contributed by atoms with van der Waals surface area (Å²) in [5.74, 6) is 0.761. The summed E-state index contributed by atoms with van der Waals surface area (Å²) in [4.78, 5) is 43.6. The number of imide groups is 1. The van der Waals surface area contributed by atoms with Crippen LogP contribution in [0.4, 0.5) is 4.79 Å². The van der Waals surface area contributed by atoms with Gasteiger partial charge in [-0.05, 0) is 62.4 Å². The number of hydrogen-bond acceptors (Lipinski definition) is 5. The Bertz CT molecular complexity index is 841. The highest BCUT2D eigenvalue weighted by molar-refractivity contribution is 6.05. The maximum Gasteiger partial charge on any atom is 0.325 e. The summed E-state index contributed by atoms with van der Waals surface area (Å²) in [5.41, 5.74) is 0.827. The lowest BCUT2D eigenvalue weighted by molar-refractivity contribution is -0.135. The van der Waals surface area contributed by atoms with Gasteiger partial charge in [-0.1, -0.05) is 18.6 Å². The highest BCUT2D eigenvalue weighted by Crippen LogP contribution is 2.31. The molecule has 0 aliphatic carbocycles. The van der Waals surface area contributed by atoms with Crippen molar-refractivity contribution in [3.05, 3.63) is 29.8 Å². The molecule has 0 saturated carbocycles. The van der Waals surface area contributed by atoms with Crippen LogP contribution in [-0.4, -0.2) is 78.4 Å². The molecule has 3 aliphatic rings. The molecule has 0 bridgehead atoms. The molecule has 3 aliphatic heterocycles. The topological polar surface area (TPSA) is 82.2 Å². The fraction of sp³-hybridized carbons (Fsp3) is 0.625. The van der Waals surface area contributed by atoms with E-state index in [2.05, 4.69) is 10.2 Å². The van der Waals surface area contributed by atoms with Gasteiger partial charge in [-0.3, -0.25) is 14.5 Å². The third kappa shape index (κ3) is 4.90. The number of ether oxygens (including phenoxy) is 1. The van der Waals surface area contributed by atoms with Crippen molar-refractivity contribution in [3.63, 3.8) is 0 Å². The molecule has 1 aromatic carbocycles. The number of carbonyl (C=O) groups excluding carboxylic acids is 3. The second-order valence-corrected chi connectivity index (χ2v) is 9.25. The summed E-state index contributed by atoms with van der Waals surface area (Å²) in [5, 5.41) is 2.69. The third-order valence-electron chi connectivity index (χ3n) is 7.15. The number of urea groups is 1. The van der Waals surface area contributed by atoms with Crippen molar-refractivity contribution >= 4 is 17.8 Å². The molecule has 1 N–H and O–H groups in total. The summed E-state index contributed by atoms with van der Waals surface area (Å²) < 4.78 is 5.14. The van der Waals surface area contributed by atoms with Crippen LogP contribution in [0.3, 0.4) is 0 Å². The van der Waals surface area contributed by atoms with Crippen molar-refractivity contribution in [1.29, 1.82) is 0 Å². The quantitative estimate of drug-likeness (QED) is 0.655. The van der Waals surface area contributed by atoms with Crippen LogP contribution in [0, 0.1) is 5.92 Å². The van der Waals surface area contributed by atoms with Gasteiger partial charge >= 0.3 is 6.03 Å². The largest absolute Gasteiger partial charge is 0.497 e. The van der Waals surface area contributed by atoms with Gasteiger partial charge in [0.1, 0.15) is 11.8 Å². The Balaban J connectivity index is 1.31. The van der Waals surface area contributed by atoms with Crippen LogP contribution >= 0.6 is 0 Å². The molecular weight excluding hydrogens is 408 g/mol. The molecule has 0 aromatic heterocycles. The number of benzene rings is 1. The predicted octanol–water partition coefficient (Wildman–Crippen LogP) is 2.23. The van der Waals surface area contributed by atoms with Crippen molar-refractivity contribution in [2.45, 2.75) is 57.2 Å². The van der Waals surface area contributed by atoms with Gasteiger partial charge in [-0.2, -0.15) is 0 Å². The average molecular weight is 443 g/mol. The monoisotopic (exact) mass is 442 g/mol. The molecule has 8 heteroatoms. The molecule has 8 nitrogen and oxygen atoms in total. The zero-order valence-corrected chi connectivity index (χ0v) is 19.1. The first kappa shape index (κ1) is 22.6. The van der Waals surface area contributed by atoms with Gasteiger partial charge in [0.15, 0.2) is 0 Å². The molecule has 174 valence electrons. The number of carbonyl (C=O) groups is 3. The number of methoxy groups -OCH3 is 1. The number of piperidine rings is 2. The van der Waals surface area contributed by atoms with Gasteiger partial charge < -0.3 is 19.9 Å². The smallest absolute Gasteiger partial charge is 0.325 e. The summed E-state index contributed by atoms with van der Waals surface area (Å²) in [6.45, 7) is 3.23. The molecule has 1 aromatic rings. The predicted molar refractivity (Wildman–Crippen MR) is 120 cm³/mol. The maximum atomic E-state index is 12.9. The van der Waals surface area contributed by atoms with E-state index >= 15 is 0 Å². The Kier molecular flexibility index (Phi) is 6.98. The first-order chi connectivity index (χ1) is 15.5. The van der Waals surface area contributed by atoms with Crippen LogP contribution in [0.15, 0.2) is 24.3 Å². The van der Waals surface area contributed by atoms with Crippen LogP contribution in [0.5, 0.6) is 5.75 Å². The minimum absolute atomic E-state index is 0.00128. The van der Waals surface area contributed by atoms with Crippen molar-refractivity contribution in [2.24, 2.45) is 5.92 Å². The number of fused-ring (bicyclic) bond motifs is 1. The molecule has 0 spiro atoms. The van der Waals surface area contributed by atoms with Crippen molar-refractivity contribution < 1.29 is 19.1 Å². The minimum Gasteiger partial charge on any atom is -0.497 e. The van der Waals surface area contributed by atoms with E-state index in [-0.39, 0.29) is 24.8 Å². The molecule has 0 radical (unpaired) electrons. The first-order valence-electron chi connectivity index (χ1n) is 11.7. The van der Waals surface area contributed by atoms with Crippen LogP contribution < -0.4 is 10.1 Å². The molecule has 3 saturated heterocycles. The number of nitrogens with one attached hydrogen (secondary N) is 1. The molecule has 3 atom stereocenters. The van der Waals surface area contributed by atoms with Gasteiger partial charge in [0.2, 0.25) is 5.91 Å². The van der Waals surface area contributed by atoms with Crippen LogP contribution in [0.25, 0.3) is 0 Å². The van der Waals surface area contributed by atoms with Crippen LogP contribution in [0.1, 0.15) is 44.1 Å². The van der Waals surface area contributed by atoms with Gasteiger partial charge in [0.05, 0.1) is 20.1 Å². The minimum atomic E-state index is -0.798. The number of hydrogen-bond donors (Lipinski definition) is 1. The SMILES string of the molecule is COc1ccc(CN2C(=O)N[C@H](CC(=O)N(C)C[C@H]3CCCN4CCCC[C@H]34)C2=O)cc1. The molecule has 4 rings (SSSR count). The fourth-order valence-electron chi connectivity index (χ4n) is 5.35. The lowest BCUT2D eigenvalue weighted by Gasteiger charge is -2.45. The maximum absolute atomic E-state index is 12.9. The molecule has 32 heavy (non-hydrogen) atoms. The molecule has 3 heterocycles. The summed E-state index contributed by atoms with van der Waals surface area (Å²) in [6, 6.07) is 6.56. The van der Waals surface area contributed by atoms with E-state index in [1.165, 1.54) is 43.7 Å². The van der Waals surface area contributed by atoms with Crippen molar-refractivity contribution in [3.8, 4) is 5.75 Å².